The number of nitrogens with zero attached hydrogens (tertiary/aromatic N) is 2. The summed E-state index contributed by atoms with van der Waals surface area (Å²) < 4.78 is 0. The van der Waals surface area contributed by atoms with Crippen LogP contribution in [0.2, 0.25) is 10.0 Å². The Labute approximate surface area is 125 Å². The summed E-state index contributed by atoms with van der Waals surface area (Å²) in [5.41, 5.74) is 4.09. The van der Waals surface area contributed by atoms with E-state index in [-0.39, 0.29) is 0 Å². The maximum atomic E-state index is 6.19. The summed E-state index contributed by atoms with van der Waals surface area (Å²) in [6.45, 7) is 0. The fraction of sp³-hybridized carbons (Fsp3) is 0. The van der Waals surface area contributed by atoms with E-state index in [9.17, 15) is 0 Å². The fourth-order valence-electron chi connectivity index (χ4n) is 1.98. The summed E-state index contributed by atoms with van der Waals surface area (Å²) in [6.07, 6.45) is 0. The minimum atomic E-state index is 0.496. The van der Waals surface area contributed by atoms with Gasteiger partial charge in [-0.1, -0.05) is 35.3 Å². The van der Waals surface area contributed by atoms with E-state index in [0.29, 0.717) is 27.3 Å². The van der Waals surface area contributed by atoms with Crippen molar-refractivity contribution in [2.75, 3.05) is 5.43 Å². The van der Waals surface area contributed by atoms with Gasteiger partial charge >= 0.3 is 0 Å². The summed E-state index contributed by atoms with van der Waals surface area (Å²) in [6, 6.07) is 12.8. The lowest BCUT2D eigenvalue weighted by atomic mass is 10.2. The van der Waals surface area contributed by atoms with Crippen molar-refractivity contribution >= 4 is 39.9 Å². The molecule has 0 spiro atoms. The van der Waals surface area contributed by atoms with E-state index in [2.05, 4.69) is 15.4 Å². The van der Waals surface area contributed by atoms with Crippen molar-refractivity contribution in [2.45, 2.75) is 0 Å². The van der Waals surface area contributed by atoms with Gasteiger partial charge in [0.25, 0.3) is 0 Å². The molecule has 0 atom stereocenters. The van der Waals surface area contributed by atoms with Crippen LogP contribution in [0.5, 0.6) is 0 Å². The summed E-state index contributed by atoms with van der Waals surface area (Å²) in [5.74, 6) is 6.58. The van der Waals surface area contributed by atoms with E-state index in [1.165, 1.54) is 0 Å². The molecule has 4 nitrogen and oxygen atoms in total. The molecule has 100 valence electrons. The van der Waals surface area contributed by atoms with Gasteiger partial charge in [0.1, 0.15) is 0 Å². The van der Waals surface area contributed by atoms with Crippen molar-refractivity contribution in [3.63, 3.8) is 0 Å². The van der Waals surface area contributed by atoms with Gasteiger partial charge in [-0.25, -0.2) is 15.8 Å². The highest BCUT2D eigenvalue weighted by atomic mass is 35.5. The molecule has 0 saturated carbocycles. The summed E-state index contributed by atoms with van der Waals surface area (Å²) >= 11 is 12.1. The number of para-hydroxylation sites is 1. The first-order valence-corrected chi connectivity index (χ1v) is 6.63. The third-order valence-electron chi connectivity index (χ3n) is 2.91. The molecule has 20 heavy (non-hydrogen) atoms. The van der Waals surface area contributed by atoms with Crippen molar-refractivity contribution in [2.24, 2.45) is 5.84 Å². The maximum Gasteiger partial charge on any atom is 0.163 e. The van der Waals surface area contributed by atoms with Crippen LogP contribution in [-0.4, -0.2) is 9.97 Å². The largest absolute Gasteiger partial charge is 0.308 e. The van der Waals surface area contributed by atoms with E-state index >= 15 is 0 Å². The zero-order chi connectivity index (χ0) is 14.1. The second-order valence-electron chi connectivity index (χ2n) is 4.18. The average Bonchev–Trinajstić information content (AvgIpc) is 2.46. The first kappa shape index (κ1) is 13.1. The molecule has 1 heterocycles. The molecule has 0 fully saturated rings. The summed E-state index contributed by atoms with van der Waals surface area (Å²) in [5, 5.41) is 1.91. The Balaban J connectivity index is 2.26. The van der Waals surface area contributed by atoms with Gasteiger partial charge in [-0.3, -0.25) is 0 Å². The summed E-state index contributed by atoms with van der Waals surface area (Å²) in [4.78, 5) is 8.92. The van der Waals surface area contributed by atoms with Gasteiger partial charge in [0.2, 0.25) is 0 Å². The highest BCUT2D eigenvalue weighted by Crippen LogP contribution is 2.30. The molecule has 0 unspecified atom stereocenters. The zero-order valence-corrected chi connectivity index (χ0v) is 11.8. The number of nitrogens with one attached hydrogen (secondary N) is 1. The average molecular weight is 305 g/mol. The first-order chi connectivity index (χ1) is 9.69. The Hall–Kier alpha value is -1.88. The number of halogens is 2. The lowest BCUT2D eigenvalue weighted by Gasteiger charge is -2.09. The Morgan fingerprint density at radius 3 is 2.55 bits per heavy atom. The quantitative estimate of drug-likeness (QED) is 0.557. The van der Waals surface area contributed by atoms with Crippen LogP contribution >= 0.6 is 23.2 Å². The van der Waals surface area contributed by atoms with E-state index in [1.807, 2.05) is 24.3 Å². The molecule has 3 rings (SSSR count). The molecule has 3 N–H and O–H groups in total. The minimum Gasteiger partial charge on any atom is -0.308 e. The number of fused-ring (bicyclic) bond motifs is 1. The molecule has 0 bridgehead atoms. The number of nitrogen functional groups attached to an aromatic ring is 1. The van der Waals surface area contributed by atoms with Crippen molar-refractivity contribution in [3.8, 4) is 11.4 Å². The van der Waals surface area contributed by atoms with Crippen molar-refractivity contribution in [1.82, 2.24) is 9.97 Å². The molecule has 0 amide bonds. The molecule has 0 radical (unpaired) electrons. The van der Waals surface area contributed by atoms with Crippen LogP contribution in [0.1, 0.15) is 0 Å². The lowest BCUT2D eigenvalue weighted by molar-refractivity contribution is 1.19. The highest BCUT2D eigenvalue weighted by Gasteiger charge is 2.11. The smallest absolute Gasteiger partial charge is 0.163 e. The third-order valence-corrected chi connectivity index (χ3v) is 3.46. The van der Waals surface area contributed by atoms with Gasteiger partial charge in [-0.15, -0.1) is 0 Å². The number of hydrogen-bond donors (Lipinski definition) is 2. The van der Waals surface area contributed by atoms with Gasteiger partial charge in [-0.05, 0) is 30.3 Å². The number of aromatic nitrogens is 2. The molecule has 3 aromatic rings. The molecular weight excluding hydrogens is 295 g/mol. The van der Waals surface area contributed by atoms with Gasteiger partial charge in [0.05, 0.1) is 10.5 Å². The second kappa shape index (κ2) is 5.25. The summed E-state index contributed by atoms with van der Waals surface area (Å²) in [7, 11) is 0. The predicted molar refractivity (Wildman–Crippen MR) is 82.8 cm³/mol. The van der Waals surface area contributed by atoms with Crippen LogP contribution in [0.15, 0.2) is 42.5 Å². The molecular formula is C14H10Cl2N4. The Morgan fingerprint density at radius 2 is 1.80 bits per heavy atom. The highest BCUT2D eigenvalue weighted by molar-refractivity contribution is 6.36. The van der Waals surface area contributed by atoms with Crippen molar-refractivity contribution in [1.29, 1.82) is 0 Å². The molecule has 0 saturated heterocycles. The minimum absolute atomic E-state index is 0.496. The van der Waals surface area contributed by atoms with Gasteiger partial charge in [-0.2, -0.15) is 0 Å². The molecule has 2 aromatic carbocycles. The lowest BCUT2D eigenvalue weighted by Crippen LogP contribution is -2.10. The van der Waals surface area contributed by atoms with E-state index in [0.717, 1.165) is 10.9 Å². The van der Waals surface area contributed by atoms with E-state index in [4.69, 9.17) is 29.0 Å². The molecule has 0 aliphatic rings. The van der Waals surface area contributed by atoms with Crippen molar-refractivity contribution in [3.05, 3.63) is 52.5 Å². The normalized spacial score (nSPS) is 10.8. The number of benzene rings is 2. The molecule has 1 aromatic heterocycles. The Morgan fingerprint density at radius 1 is 1.00 bits per heavy atom. The first-order valence-electron chi connectivity index (χ1n) is 5.88. The standard InChI is InChI=1S/C14H10Cl2N4/c15-8-5-6-9(11(16)7-8)13-18-12-4-2-1-3-10(12)14(19-13)20-17/h1-7H,17H2,(H,18,19,20). The van der Waals surface area contributed by atoms with Crippen LogP contribution in [0.25, 0.3) is 22.3 Å². The van der Waals surface area contributed by atoms with Crippen LogP contribution in [0, 0.1) is 0 Å². The predicted octanol–water partition coefficient (Wildman–Crippen LogP) is 3.89. The van der Waals surface area contributed by atoms with Crippen LogP contribution in [-0.2, 0) is 0 Å². The molecule has 0 aliphatic heterocycles. The topological polar surface area (TPSA) is 63.8 Å². The zero-order valence-electron chi connectivity index (χ0n) is 10.3. The maximum absolute atomic E-state index is 6.19. The Kier molecular flexibility index (Phi) is 3.44. The second-order valence-corrected chi connectivity index (χ2v) is 5.03. The van der Waals surface area contributed by atoms with Gasteiger partial charge in [0.15, 0.2) is 11.6 Å². The van der Waals surface area contributed by atoms with Crippen LogP contribution in [0.3, 0.4) is 0 Å². The number of nitrogens with two attached hydrogens (primary N) is 1. The number of rotatable bonds is 2. The molecule has 0 aliphatic carbocycles. The Bertz CT molecular complexity index is 789. The number of hydrogen-bond acceptors (Lipinski definition) is 4. The van der Waals surface area contributed by atoms with Crippen molar-refractivity contribution < 1.29 is 0 Å². The van der Waals surface area contributed by atoms with Crippen LogP contribution < -0.4 is 11.3 Å². The van der Waals surface area contributed by atoms with E-state index in [1.54, 1.807) is 18.2 Å². The van der Waals surface area contributed by atoms with Gasteiger partial charge in [0, 0.05) is 16.0 Å². The monoisotopic (exact) mass is 304 g/mol. The van der Waals surface area contributed by atoms with E-state index < -0.39 is 0 Å². The number of hydrazine groups is 1. The van der Waals surface area contributed by atoms with Crippen LogP contribution in [0.4, 0.5) is 5.82 Å². The molecule has 6 heteroatoms. The number of anilines is 1. The third kappa shape index (κ3) is 2.29. The van der Waals surface area contributed by atoms with Gasteiger partial charge < -0.3 is 5.43 Å². The SMILES string of the molecule is NNc1nc(-c2ccc(Cl)cc2Cl)nc2ccccc12. The fourth-order valence-corrected chi connectivity index (χ4v) is 2.47.